The van der Waals surface area contributed by atoms with Gasteiger partial charge < -0.3 is 15.0 Å². The topological polar surface area (TPSA) is 57.2 Å². The van der Waals surface area contributed by atoms with E-state index in [4.69, 9.17) is 10.5 Å². The van der Waals surface area contributed by atoms with E-state index in [1.165, 1.54) is 11.1 Å². The van der Waals surface area contributed by atoms with Crippen molar-refractivity contribution in [1.29, 1.82) is 0 Å². The molecular formula is C31H36N2O2S. The van der Waals surface area contributed by atoms with Crippen molar-refractivity contribution in [2.24, 2.45) is 18.2 Å². The third kappa shape index (κ3) is 5.26. The summed E-state index contributed by atoms with van der Waals surface area (Å²) in [4.78, 5) is 13.2. The molecule has 36 heavy (non-hydrogen) atoms. The molecule has 0 unspecified atom stereocenters. The number of nitrogens with two attached hydrogens (primary N) is 1. The first kappa shape index (κ1) is 25.8. The van der Waals surface area contributed by atoms with Crippen molar-refractivity contribution >= 4 is 28.8 Å². The molecule has 5 heteroatoms. The van der Waals surface area contributed by atoms with Crippen molar-refractivity contribution < 1.29 is 9.53 Å². The van der Waals surface area contributed by atoms with Gasteiger partial charge in [0.15, 0.2) is 5.78 Å². The van der Waals surface area contributed by atoms with Gasteiger partial charge in [-0.15, -0.1) is 0 Å². The number of rotatable bonds is 7. The number of fused-ring (bicyclic) bond motifs is 1. The first-order valence-corrected chi connectivity index (χ1v) is 13.3. The minimum atomic E-state index is -0.139. The number of carbonyl (C=O) groups is 1. The van der Waals surface area contributed by atoms with Crippen LogP contribution in [-0.4, -0.2) is 17.0 Å². The molecule has 3 aromatic rings. The van der Waals surface area contributed by atoms with Crippen LogP contribution in [0.2, 0.25) is 0 Å². The van der Waals surface area contributed by atoms with E-state index in [-0.39, 0.29) is 17.8 Å². The lowest BCUT2D eigenvalue weighted by molar-refractivity contribution is -0.116. The fraction of sp³-hybridized carbons (Fsp3) is 0.323. The average Bonchev–Trinajstić information content (AvgIpc) is 3.44. The van der Waals surface area contributed by atoms with Crippen molar-refractivity contribution in [1.82, 2.24) is 4.57 Å². The number of benzene rings is 1. The lowest BCUT2D eigenvalue weighted by Crippen LogP contribution is -2.22. The van der Waals surface area contributed by atoms with Crippen molar-refractivity contribution in [3.63, 3.8) is 0 Å². The molecule has 188 valence electrons. The van der Waals surface area contributed by atoms with Gasteiger partial charge in [0.2, 0.25) is 0 Å². The minimum Gasteiger partial charge on any atom is -0.488 e. The number of ketones is 1. The number of Topliss-reactive ketones (excluding diaryl/α,β-unsaturated/α-hetero) is 1. The van der Waals surface area contributed by atoms with Crippen LogP contribution in [0.15, 0.2) is 64.6 Å². The molecule has 0 bridgehead atoms. The number of thiophene rings is 1. The second-order valence-electron chi connectivity index (χ2n) is 10.8. The molecule has 0 radical (unpaired) electrons. The summed E-state index contributed by atoms with van der Waals surface area (Å²) in [5.41, 5.74) is 16.0. The maximum Gasteiger partial charge on any atom is 0.163 e. The maximum absolute atomic E-state index is 13.2. The highest BCUT2D eigenvalue weighted by atomic mass is 32.1. The molecule has 0 aliphatic carbocycles. The molecule has 0 saturated heterocycles. The standard InChI is InChI=1S/C31H36N2O2S/c1-8-22-13-29-24(14-23(22)27-11-19(2)16-33(27)7)30(26(32)12-21-9-10-36-18-21)25(17-35-29)20(3)28(34)15-31(4,5)6/h9-14,16,18H,3,8,15,17,32H2,1-2,4-7H3. The van der Waals surface area contributed by atoms with Crippen LogP contribution < -0.4 is 10.5 Å². The highest BCUT2D eigenvalue weighted by molar-refractivity contribution is 7.08. The lowest BCUT2D eigenvalue weighted by atomic mass is 9.82. The molecule has 4 rings (SSSR count). The zero-order valence-electron chi connectivity index (χ0n) is 22.2. The van der Waals surface area contributed by atoms with Gasteiger partial charge in [-0.2, -0.15) is 11.3 Å². The first-order valence-electron chi connectivity index (χ1n) is 12.4. The van der Waals surface area contributed by atoms with E-state index in [0.29, 0.717) is 17.7 Å². The molecule has 0 saturated carbocycles. The molecule has 0 atom stereocenters. The SMILES string of the molecule is C=C(C(=O)CC(C)(C)C)C1=C(C(N)=Cc2ccsc2)c2cc(-c3cc(C)cn3C)c(CC)cc2OC1. The van der Waals surface area contributed by atoms with Gasteiger partial charge >= 0.3 is 0 Å². The number of ether oxygens (including phenoxy) is 1. The summed E-state index contributed by atoms with van der Waals surface area (Å²) in [5.74, 6) is 0.812. The highest BCUT2D eigenvalue weighted by Gasteiger charge is 2.29. The lowest BCUT2D eigenvalue weighted by Gasteiger charge is -2.28. The second kappa shape index (κ2) is 9.98. The zero-order valence-corrected chi connectivity index (χ0v) is 23.0. The quantitative estimate of drug-likeness (QED) is 0.346. The van der Waals surface area contributed by atoms with E-state index < -0.39 is 0 Å². The van der Waals surface area contributed by atoms with E-state index in [1.807, 2.05) is 17.5 Å². The summed E-state index contributed by atoms with van der Waals surface area (Å²) >= 11 is 1.63. The molecule has 0 fully saturated rings. The molecule has 0 amide bonds. The molecule has 0 spiro atoms. The normalized spacial score (nSPS) is 14.0. The van der Waals surface area contributed by atoms with Gasteiger partial charge in [0.05, 0.1) is 0 Å². The number of nitrogens with zero attached hydrogens (tertiary/aromatic N) is 1. The Bertz CT molecular complexity index is 1380. The van der Waals surface area contributed by atoms with Crippen molar-refractivity contribution in [3.05, 3.63) is 86.9 Å². The van der Waals surface area contributed by atoms with Gasteiger partial charge in [-0.3, -0.25) is 4.79 Å². The van der Waals surface area contributed by atoms with Gasteiger partial charge in [0.25, 0.3) is 0 Å². The van der Waals surface area contributed by atoms with Crippen LogP contribution >= 0.6 is 11.3 Å². The molecule has 4 nitrogen and oxygen atoms in total. The van der Waals surface area contributed by atoms with Gasteiger partial charge in [-0.05, 0) is 76.6 Å². The average molecular weight is 501 g/mol. The van der Waals surface area contributed by atoms with E-state index in [2.05, 4.69) is 82.6 Å². The van der Waals surface area contributed by atoms with Crippen LogP contribution in [0.25, 0.3) is 22.9 Å². The Kier molecular flexibility index (Phi) is 7.14. The Hall–Kier alpha value is -3.31. The Balaban J connectivity index is 1.94. The predicted molar refractivity (Wildman–Crippen MR) is 152 cm³/mol. The number of allylic oxidation sites excluding steroid dienone is 1. The van der Waals surface area contributed by atoms with Crippen LogP contribution in [0.3, 0.4) is 0 Å². The Labute approximate surface area is 218 Å². The molecular weight excluding hydrogens is 464 g/mol. The summed E-state index contributed by atoms with van der Waals surface area (Å²) in [7, 11) is 2.07. The van der Waals surface area contributed by atoms with E-state index >= 15 is 0 Å². The summed E-state index contributed by atoms with van der Waals surface area (Å²) in [6.45, 7) is 14.9. The molecule has 3 heterocycles. The molecule has 1 aromatic carbocycles. The van der Waals surface area contributed by atoms with Crippen molar-refractivity contribution in [3.8, 4) is 17.0 Å². The third-order valence-corrected chi connectivity index (χ3v) is 7.19. The molecule has 1 aliphatic heterocycles. The Morgan fingerprint density at radius 2 is 2.00 bits per heavy atom. The smallest absolute Gasteiger partial charge is 0.163 e. The Morgan fingerprint density at radius 3 is 2.58 bits per heavy atom. The first-order chi connectivity index (χ1) is 17.0. The monoisotopic (exact) mass is 500 g/mol. The van der Waals surface area contributed by atoms with E-state index in [9.17, 15) is 4.79 Å². The minimum absolute atomic E-state index is 0.0221. The van der Waals surface area contributed by atoms with Gasteiger partial charge in [-0.25, -0.2) is 0 Å². The maximum atomic E-state index is 13.2. The van der Waals surface area contributed by atoms with Gasteiger partial charge in [0.1, 0.15) is 12.4 Å². The van der Waals surface area contributed by atoms with Crippen molar-refractivity contribution in [2.75, 3.05) is 6.61 Å². The number of carbonyl (C=O) groups excluding carboxylic acids is 1. The van der Waals surface area contributed by atoms with Crippen LogP contribution in [0.1, 0.15) is 56.4 Å². The second-order valence-corrected chi connectivity index (χ2v) is 11.6. The van der Waals surface area contributed by atoms with Gasteiger partial charge in [-0.1, -0.05) is 34.3 Å². The summed E-state index contributed by atoms with van der Waals surface area (Å²) in [6.07, 6.45) is 5.39. The fourth-order valence-electron chi connectivity index (χ4n) is 4.78. The van der Waals surface area contributed by atoms with Crippen LogP contribution in [0.4, 0.5) is 0 Å². The zero-order chi connectivity index (χ0) is 26.2. The number of aryl methyl sites for hydroxylation is 3. The van der Waals surface area contributed by atoms with Crippen molar-refractivity contribution in [2.45, 2.75) is 47.5 Å². The molecule has 1 aliphatic rings. The van der Waals surface area contributed by atoms with E-state index in [0.717, 1.165) is 45.7 Å². The van der Waals surface area contributed by atoms with Crippen LogP contribution in [-0.2, 0) is 18.3 Å². The highest BCUT2D eigenvalue weighted by Crippen LogP contribution is 2.43. The molecule has 2 N–H and O–H groups in total. The summed E-state index contributed by atoms with van der Waals surface area (Å²) in [5, 5.41) is 4.09. The number of hydrogen-bond acceptors (Lipinski definition) is 4. The van der Waals surface area contributed by atoms with Gasteiger partial charge in [0, 0.05) is 58.9 Å². The molecule has 2 aromatic heterocycles. The Morgan fingerprint density at radius 1 is 1.25 bits per heavy atom. The largest absolute Gasteiger partial charge is 0.488 e. The number of aromatic nitrogens is 1. The summed E-state index contributed by atoms with van der Waals surface area (Å²) < 4.78 is 8.42. The summed E-state index contributed by atoms with van der Waals surface area (Å²) in [6, 6.07) is 8.54. The predicted octanol–water partition coefficient (Wildman–Crippen LogP) is 7.33. The third-order valence-electron chi connectivity index (χ3n) is 6.49. The van der Waals surface area contributed by atoms with Crippen LogP contribution in [0, 0.1) is 12.3 Å². The fourth-order valence-corrected chi connectivity index (χ4v) is 5.40. The van der Waals surface area contributed by atoms with E-state index in [1.54, 1.807) is 11.3 Å². The van der Waals surface area contributed by atoms with Crippen LogP contribution in [0.5, 0.6) is 5.75 Å². The number of hydrogen-bond donors (Lipinski definition) is 1.